The second kappa shape index (κ2) is 8.89. The van der Waals surface area contributed by atoms with Crippen molar-refractivity contribution in [2.75, 3.05) is 0 Å². The van der Waals surface area contributed by atoms with Gasteiger partial charge in [0.05, 0.1) is 17.1 Å². The van der Waals surface area contributed by atoms with Crippen LogP contribution in [-0.2, 0) is 17.9 Å². The van der Waals surface area contributed by atoms with Crippen LogP contribution in [-0.4, -0.2) is 21.7 Å². The quantitative estimate of drug-likeness (QED) is 0.624. The summed E-state index contributed by atoms with van der Waals surface area (Å²) in [5.41, 5.74) is 1.87. The SMILES string of the molecule is CCCn1c(=O)n(CC(=O)NC(C)c2cccc(OC(F)F)c2)c2ccccc21. The van der Waals surface area contributed by atoms with E-state index in [2.05, 4.69) is 10.1 Å². The van der Waals surface area contributed by atoms with Crippen LogP contribution >= 0.6 is 0 Å². The lowest BCUT2D eigenvalue weighted by Crippen LogP contribution is -2.34. The maximum absolute atomic E-state index is 12.8. The van der Waals surface area contributed by atoms with Crippen LogP contribution in [0.3, 0.4) is 0 Å². The highest BCUT2D eigenvalue weighted by atomic mass is 19.3. The summed E-state index contributed by atoms with van der Waals surface area (Å²) >= 11 is 0. The summed E-state index contributed by atoms with van der Waals surface area (Å²) in [6.07, 6.45) is 0.800. The fraction of sp³-hybridized carbons (Fsp3) is 0.333. The van der Waals surface area contributed by atoms with E-state index in [0.717, 1.165) is 11.9 Å². The predicted molar refractivity (Wildman–Crippen MR) is 106 cm³/mol. The Labute approximate surface area is 166 Å². The average Bonchev–Trinajstić information content (AvgIpc) is 2.94. The molecule has 0 aliphatic rings. The number of alkyl halides is 2. The van der Waals surface area contributed by atoms with Gasteiger partial charge in [-0.05, 0) is 43.2 Å². The summed E-state index contributed by atoms with van der Waals surface area (Å²) in [7, 11) is 0. The van der Waals surface area contributed by atoms with Crippen molar-refractivity contribution < 1.29 is 18.3 Å². The van der Waals surface area contributed by atoms with E-state index < -0.39 is 12.7 Å². The highest BCUT2D eigenvalue weighted by molar-refractivity contribution is 5.81. The predicted octanol–water partition coefficient (Wildman–Crippen LogP) is 3.69. The summed E-state index contributed by atoms with van der Waals surface area (Å²) in [5, 5.41) is 2.81. The third-order valence-electron chi connectivity index (χ3n) is 4.63. The molecule has 0 saturated heterocycles. The number of carbonyl (C=O) groups is 1. The normalized spacial score (nSPS) is 12.3. The van der Waals surface area contributed by atoms with Crippen LogP contribution in [0.25, 0.3) is 11.0 Å². The minimum atomic E-state index is -2.91. The van der Waals surface area contributed by atoms with Crippen molar-refractivity contribution in [2.45, 2.75) is 46.0 Å². The number of aryl methyl sites for hydroxylation is 1. The first kappa shape index (κ1) is 20.6. The van der Waals surface area contributed by atoms with Crippen LogP contribution in [0.1, 0.15) is 31.9 Å². The second-order valence-electron chi connectivity index (χ2n) is 6.75. The molecule has 1 aromatic heterocycles. The van der Waals surface area contributed by atoms with E-state index in [9.17, 15) is 18.4 Å². The number of fused-ring (bicyclic) bond motifs is 1. The van der Waals surface area contributed by atoms with Gasteiger partial charge in [-0.15, -0.1) is 0 Å². The Kier molecular flexibility index (Phi) is 6.31. The number of para-hydroxylation sites is 2. The molecular formula is C21H23F2N3O3. The number of amides is 1. The van der Waals surface area contributed by atoms with Gasteiger partial charge in [-0.2, -0.15) is 8.78 Å². The third kappa shape index (κ3) is 4.64. The van der Waals surface area contributed by atoms with Crippen molar-refractivity contribution in [1.29, 1.82) is 0 Å². The summed E-state index contributed by atoms with van der Waals surface area (Å²) in [4.78, 5) is 25.4. The summed E-state index contributed by atoms with van der Waals surface area (Å²) in [5.74, 6) is -0.323. The van der Waals surface area contributed by atoms with Gasteiger partial charge < -0.3 is 10.1 Å². The first-order valence-corrected chi connectivity index (χ1v) is 9.43. The molecule has 2 aromatic carbocycles. The molecule has 0 spiro atoms. The van der Waals surface area contributed by atoms with E-state index >= 15 is 0 Å². The van der Waals surface area contributed by atoms with Gasteiger partial charge in [-0.25, -0.2) is 4.79 Å². The van der Waals surface area contributed by atoms with E-state index in [1.807, 2.05) is 31.2 Å². The van der Waals surface area contributed by atoms with Gasteiger partial charge in [0.1, 0.15) is 12.3 Å². The molecule has 0 saturated carbocycles. The number of hydrogen-bond donors (Lipinski definition) is 1. The molecule has 6 nitrogen and oxygen atoms in total. The first-order valence-electron chi connectivity index (χ1n) is 9.43. The Morgan fingerprint density at radius 1 is 1.10 bits per heavy atom. The number of aromatic nitrogens is 2. The van der Waals surface area contributed by atoms with E-state index in [1.54, 1.807) is 23.6 Å². The van der Waals surface area contributed by atoms with Crippen molar-refractivity contribution >= 4 is 16.9 Å². The lowest BCUT2D eigenvalue weighted by atomic mass is 10.1. The molecule has 0 fully saturated rings. The molecule has 154 valence electrons. The number of imidazole rings is 1. The first-order chi connectivity index (χ1) is 13.9. The fourth-order valence-corrected chi connectivity index (χ4v) is 3.34. The van der Waals surface area contributed by atoms with E-state index in [4.69, 9.17) is 0 Å². The number of benzene rings is 2. The van der Waals surface area contributed by atoms with Gasteiger partial charge in [-0.3, -0.25) is 13.9 Å². The molecule has 29 heavy (non-hydrogen) atoms. The van der Waals surface area contributed by atoms with Crippen molar-refractivity contribution in [3.05, 3.63) is 64.6 Å². The number of rotatable bonds is 8. The average molecular weight is 403 g/mol. The number of hydrogen-bond acceptors (Lipinski definition) is 3. The van der Waals surface area contributed by atoms with Crippen LogP contribution in [0.2, 0.25) is 0 Å². The van der Waals surface area contributed by atoms with E-state index in [1.165, 1.54) is 16.7 Å². The standard InChI is InChI=1S/C21H23F2N3O3/c1-3-11-25-17-9-4-5-10-18(17)26(21(25)28)13-19(27)24-14(2)15-7-6-8-16(12-15)29-20(22)23/h4-10,12,14,20H,3,11,13H2,1-2H3,(H,24,27). The number of nitrogens with zero attached hydrogens (tertiary/aromatic N) is 2. The molecule has 0 aliphatic carbocycles. The largest absolute Gasteiger partial charge is 0.435 e. The number of halogens is 2. The van der Waals surface area contributed by atoms with Gasteiger partial charge >= 0.3 is 12.3 Å². The van der Waals surface area contributed by atoms with Crippen molar-refractivity contribution in [2.24, 2.45) is 0 Å². The molecule has 1 atom stereocenters. The van der Waals surface area contributed by atoms with Gasteiger partial charge in [0.25, 0.3) is 0 Å². The highest BCUT2D eigenvalue weighted by Gasteiger charge is 2.17. The maximum atomic E-state index is 12.8. The van der Waals surface area contributed by atoms with Crippen LogP contribution in [0, 0.1) is 0 Å². The summed E-state index contributed by atoms with van der Waals surface area (Å²) in [6, 6.07) is 13.1. The zero-order chi connectivity index (χ0) is 21.0. The van der Waals surface area contributed by atoms with Gasteiger partial charge in [0.15, 0.2) is 0 Å². The van der Waals surface area contributed by atoms with Crippen LogP contribution in [0.4, 0.5) is 8.78 Å². The van der Waals surface area contributed by atoms with E-state index in [-0.39, 0.29) is 23.9 Å². The molecule has 1 unspecified atom stereocenters. The minimum Gasteiger partial charge on any atom is -0.435 e. The molecule has 8 heteroatoms. The molecular weight excluding hydrogens is 380 g/mol. The third-order valence-corrected chi connectivity index (χ3v) is 4.63. The Morgan fingerprint density at radius 2 is 1.79 bits per heavy atom. The number of carbonyl (C=O) groups excluding carboxylic acids is 1. The van der Waals surface area contributed by atoms with Gasteiger partial charge in [0, 0.05) is 6.54 Å². The van der Waals surface area contributed by atoms with E-state index in [0.29, 0.717) is 17.6 Å². The van der Waals surface area contributed by atoms with Crippen LogP contribution in [0.15, 0.2) is 53.3 Å². The molecule has 0 bridgehead atoms. The zero-order valence-electron chi connectivity index (χ0n) is 16.3. The van der Waals surface area contributed by atoms with Gasteiger partial charge in [-0.1, -0.05) is 31.2 Å². The molecule has 3 aromatic rings. The topological polar surface area (TPSA) is 65.3 Å². The molecule has 1 heterocycles. The Bertz CT molecular complexity index is 1060. The smallest absolute Gasteiger partial charge is 0.387 e. The summed E-state index contributed by atoms with van der Waals surface area (Å²) in [6.45, 7) is 1.25. The monoisotopic (exact) mass is 403 g/mol. The maximum Gasteiger partial charge on any atom is 0.387 e. The second-order valence-corrected chi connectivity index (χ2v) is 6.75. The molecule has 1 amide bonds. The van der Waals surface area contributed by atoms with Crippen molar-refractivity contribution in [1.82, 2.24) is 14.5 Å². The van der Waals surface area contributed by atoms with Crippen molar-refractivity contribution in [3.63, 3.8) is 0 Å². The Morgan fingerprint density at radius 3 is 2.45 bits per heavy atom. The summed E-state index contributed by atoms with van der Waals surface area (Å²) < 4.78 is 32.3. The molecule has 3 rings (SSSR count). The Hall–Kier alpha value is -3.16. The van der Waals surface area contributed by atoms with Crippen LogP contribution in [0.5, 0.6) is 5.75 Å². The highest BCUT2D eigenvalue weighted by Crippen LogP contribution is 2.21. The fourth-order valence-electron chi connectivity index (χ4n) is 3.34. The minimum absolute atomic E-state index is 0.0254. The van der Waals surface area contributed by atoms with Gasteiger partial charge in [0.2, 0.25) is 5.91 Å². The zero-order valence-corrected chi connectivity index (χ0v) is 16.3. The molecule has 0 aliphatic heterocycles. The Balaban J connectivity index is 1.78. The van der Waals surface area contributed by atoms with Crippen molar-refractivity contribution in [3.8, 4) is 5.75 Å². The molecule has 1 N–H and O–H groups in total. The lowest BCUT2D eigenvalue weighted by molar-refractivity contribution is -0.122. The number of nitrogens with one attached hydrogen (secondary N) is 1. The number of ether oxygens (including phenoxy) is 1. The van der Waals surface area contributed by atoms with Crippen LogP contribution < -0.4 is 15.7 Å². The molecule has 0 radical (unpaired) electrons. The lowest BCUT2D eigenvalue weighted by Gasteiger charge is -2.16.